The van der Waals surface area contributed by atoms with Crippen LogP contribution < -0.4 is 14.5 Å². The zero-order valence-electron chi connectivity index (χ0n) is 15.9. The van der Waals surface area contributed by atoms with Crippen molar-refractivity contribution in [2.75, 3.05) is 16.9 Å². The molecule has 142 valence electrons. The topological polar surface area (TPSA) is 66.9 Å². The summed E-state index contributed by atoms with van der Waals surface area (Å²) in [5.41, 5.74) is 2.47. The third-order valence-electron chi connectivity index (χ3n) is 5.03. The molecule has 6 heteroatoms. The molecule has 0 bridgehead atoms. The Morgan fingerprint density at radius 1 is 0.964 bits per heavy atom. The van der Waals surface area contributed by atoms with Gasteiger partial charge in [-0.2, -0.15) is 0 Å². The Kier molecular flexibility index (Phi) is 4.26. The predicted octanol–water partition coefficient (Wildman–Crippen LogP) is 3.17. The second kappa shape index (κ2) is 6.64. The van der Waals surface area contributed by atoms with Crippen LogP contribution >= 0.6 is 0 Å². The number of fused-ring (bicyclic) bond motifs is 1. The Bertz CT molecular complexity index is 1040. The van der Waals surface area contributed by atoms with Crippen LogP contribution in [0.1, 0.15) is 25.8 Å². The number of para-hydroxylation sites is 1. The summed E-state index contributed by atoms with van der Waals surface area (Å²) in [6, 6.07) is 14.1. The van der Waals surface area contributed by atoms with Crippen molar-refractivity contribution < 1.29 is 19.1 Å². The first-order valence-electron chi connectivity index (χ1n) is 9.11. The molecular weight excluding hydrogens is 356 g/mol. The van der Waals surface area contributed by atoms with Gasteiger partial charge < -0.3 is 9.64 Å². The fourth-order valence-corrected chi connectivity index (χ4v) is 3.80. The van der Waals surface area contributed by atoms with E-state index in [0.29, 0.717) is 22.6 Å². The maximum absolute atomic E-state index is 13.2. The minimum Gasteiger partial charge on any atom is -0.497 e. The molecule has 0 aliphatic carbocycles. The predicted molar refractivity (Wildman–Crippen MR) is 106 cm³/mol. The van der Waals surface area contributed by atoms with E-state index < -0.39 is 5.91 Å². The SMILES string of the molecule is COc1cccc(N2C(=O)CC(=C3C(=O)N(C(C)C)c4ccccc43)C2=O)c1. The van der Waals surface area contributed by atoms with Crippen molar-refractivity contribution in [2.45, 2.75) is 26.3 Å². The second-order valence-electron chi connectivity index (χ2n) is 7.05. The molecule has 3 amide bonds. The lowest BCUT2D eigenvalue weighted by Crippen LogP contribution is -2.34. The van der Waals surface area contributed by atoms with E-state index in [-0.39, 0.29) is 29.9 Å². The number of anilines is 2. The van der Waals surface area contributed by atoms with Crippen LogP contribution in [0.5, 0.6) is 5.75 Å². The van der Waals surface area contributed by atoms with Gasteiger partial charge >= 0.3 is 0 Å². The number of hydrogen-bond donors (Lipinski definition) is 0. The van der Waals surface area contributed by atoms with Crippen molar-refractivity contribution in [3.05, 3.63) is 59.7 Å². The van der Waals surface area contributed by atoms with Gasteiger partial charge in [-0.15, -0.1) is 0 Å². The van der Waals surface area contributed by atoms with E-state index in [9.17, 15) is 14.4 Å². The van der Waals surface area contributed by atoms with Crippen molar-refractivity contribution in [1.82, 2.24) is 0 Å². The van der Waals surface area contributed by atoms with Gasteiger partial charge in [-0.1, -0.05) is 24.3 Å². The van der Waals surface area contributed by atoms with Crippen LogP contribution in [0.15, 0.2) is 54.1 Å². The minimum absolute atomic E-state index is 0.0616. The average molecular weight is 376 g/mol. The third-order valence-corrected chi connectivity index (χ3v) is 5.03. The summed E-state index contributed by atoms with van der Waals surface area (Å²) in [5.74, 6) is -0.497. The summed E-state index contributed by atoms with van der Waals surface area (Å²) < 4.78 is 5.19. The minimum atomic E-state index is -0.456. The molecule has 2 aromatic rings. The molecular formula is C22H20N2O4. The van der Waals surface area contributed by atoms with Crippen molar-refractivity contribution in [1.29, 1.82) is 0 Å². The number of nitrogens with zero attached hydrogens (tertiary/aromatic N) is 2. The van der Waals surface area contributed by atoms with Crippen LogP contribution in [-0.4, -0.2) is 30.9 Å². The molecule has 0 radical (unpaired) electrons. The quantitative estimate of drug-likeness (QED) is 0.610. The van der Waals surface area contributed by atoms with Gasteiger partial charge in [-0.25, -0.2) is 4.90 Å². The maximum atomic E-state index is 13.2. The summed E-state index contributed by atoms with van der Waals surface area (Å²) in [5, 5.41) is 0. The highest BCUT2D eigenvalue weighted by atomic mass is 16.5. The molecule has 28 heavy (non-hydrogen) atoms. The summed E-state index contributed by atoms with van der Waals surface area (Å²) >= 11 is 0. The van der Waals surface area contributed by atoms with E-state index in [2.05, 4.69) is 0 Å². The number of methoxy groups -OCH3 is 1. The van der Waals surface area contributed by atoms with Crippen molar-refractivity contribution in [3.8, 4) is 5.75 Å². The average Bonchev–Trinajstić information content (AvgIpc) is 3.13. The molecule has 2 aromatic carbocycles. The van der Waals surface area contributed by atoms with E-state index >= 15 is 0 Å². The van der Waals surface area contributed by atoms with Gasteiger partial charge in [0.05, 0.1) is 30.5 Å². The van der Waals surface area contributed by atoms with Gasteiger partial charge in [0.1, 0.15) is 5.75 Å². The van der Waals surface area contributed by atoms with Crippen LogP contribution in [0, 0.1) is 0 Å². The van der Waals surface area contributed by atoms with Crippen molar-refractivity contribution in [3.63, 3.8) is 0 Å². The first kappa shape index (κ1) is 18.0. The highest BCUT2D eigenvalue weighted by molar-refractivity contribution is 6.41. The highest BCUT2D eigenvalue weighted by Crippen LogP contribution is 2.42. The molecule has 0 aromatic heterocycles. The molecule has 2 heterocycles. The van der Waals surface area contributed by atoms with Crippen molar-refractivity contribution >= 4 is 34.7 Å². The number of carbonyl (C=O) groups is 3. The number of carbonyl (C=O) groups excluding carboxylic acids is 3. The highest BCUT2D eigenvalue weighted by Gasteiger charge is 2.43. The fourth-order valence-electron chi connectivity index (χ4n) is 3.80. The van der Waals surface area contributed by atoms with Crippen LogP contribution in [0.4, 0.5) is 11.4 Å². The summed E-state index contributed by atoms with van der Waals surface area (Å²) in [6.45, 7) is 3.85. The lowest BCUT2D eigenvalue weighted by atomic mass is 10.00. The van der Waals surface area contributed by atoms with E-state index in [1.54, 1.807) is 29.2 Å². The standard InChI is InChI=1S/C22H20N2O4/c1-13(2)23-18-10-5-4-9-16(18)20(22(23)27)17-12-19(25)24(21(17)26)14-7-6-8-15(11-14)28-3/h4-11,13H,12H2,1-3H3. The van der Waals surface area contributed by atoms with Crippen LogP contribution in [0.2, 0.25) is 0 Å². The van der Waals surface area contributed by atoms with E-state index in [1.165, 1.54) is 7.11 Å². The molecule has 0 N–H and O–H groups in total. The van der Waals surface area contributed by atoms with E-state index in [1.807, 2.05) is 38.1 Å². The molecule has 4 rings (SSSR count). The molecule has 2 aliphatic heterocycles. The maximum Gasteiger partial charge on any atom is 0.262 e. The number of hydrogen-bond acceptors (Lipinski definition) is 4. The Hall–Kier alpha value is -3.41. The van der Waals surface area contributed by atoms with Gasteiger partial charge in [-0.3, -0.25) is 14.4 Å². The lowest BCUT2D eigenvalue weighted by Gasteiger charge is -2.21. The molecule has 1 saturated heterocycles. The zero-order chi connectivity index (χ0) is 20.0. The summed E-state index contributed by atoms with van der Waals surface area (Å²) in [4.78, 5) is 41.8. The monoisotopic (exact) mass is 376 g/mol. The van der Waals surface area contributed by atoms with Gasteiger partial charge in [-0.05, 0) is 32.0 Å². The van der Waals surface area contributed by atoms with E-state index in [4.69, 9.17) is 4.74 Å². The molecule has 6 nitrogen and oxygen atoms in total. The van der Waals surface area contributed by atoms with Crippen molar-refractivity contribution in [2.24, 2.45) is 0 Å². The third kappa shape index (κ3) is 2.60. The number of rotatable bonds is 3. The lowest BCUT2D eigenvalue weighted by molar-refractivity contribution is -0.121. The zero-order valence-corrected chi connectivity index (χ0v) is 15.9. The number of ether oxygens (including phenoxy) is 1. The number of amides is 3. The largest absolute Gasteiger partial charge is 0.497 e. The van der Waals surface area contributed by atoms with Crippen LogP contribution in [0.3, 0.4) is 0 Å². The van der Waals surface area contributed by atoms with E-state index in [0.717, 1.165) is 10.6 Å². The van der Waals surface area contributed by atoms with Crippen LogP contribution in [-0.2, 0) is 14.4 Å². The van der Waals surface area contributed by atoms with Crippen LogP contribution in [0.25, 0.3) is 5.57 Å². The Labute approximate surface area is 163 Å². The van der Waals surface area contributed by atoms with Gasteiger partial charge in [0.2, 0.25) is 5.91 Å². The Balaban J connectivity index is 1.83. The molecule has 0 saturated carbocycles. The van der Waals surface area contributed by atoms with Gasteiger partial charge in [0, 0.05) is 23.2 Å². The Morgan fingerprint density at radius 3 is 2.43 bits per heavy atom. The smallest absolute Gasteiger partial charge is 0.262 e. The first-order chi connectivity index (χ1) is 13.4. The molecule has 0 atom stereocenters. The first-order valence-corrected chi connectivity index (χ1v) is 9.11. The summed E-state index contributed by atoms with van der Waals surface area (Å²) in [6.07, 6.45) is -0.0998. The normalized spacial score (nSPS) is 19.1. The van der Waals surface area contributed by atoms with Gasteiger partial charge in [0.25, 0.3) is 11.8 Å². The van der Waals surface area contributed by atoms with Gasteiger partial charge in [0.15, 0.2) is 0 Å². The summed E-state index contributed by atoms with van der Waals surface area (Å²) in [7, 11) is 1.52. The molecule has 0 unspecified atom stereocenters. The molecule has 2 aliphatic rings. The second-order valence-corrected chi connectivity index (χ2v) is 7.05. The Morgan fingerprint density at radius 2 is 1.71 bits per heavy atom. The fraction of sp³-hybridized carbons (Fsp3) is 0.227. The number of benzene rings is 2. The molecule has 0 spiro atoms. The number of imide groups is 1. The molecule has 1 fully saturated rings.